The minimum atomic E-state index is -0.851. The van der Waals surface area contributed by atoms with Gasteiger partial charge in [0.25, 0.3) is 0 Å². The summed E-state index contributed by atoms with van der Waals surface area (Å²) < 4.78 is 10.3. The highest BCUT2D eigenvalue weighted by Gasteiger charge is 2.24. The van der Waals surface area contributed by atoms with E-state index >= 15 is 0 Å². The van der Waals surface area contributed by atoms with Gasteiger partial charge in [0.1, 0.15) is 5.60 Å². The number of rotatable bonds is 6. The van der Waals surface area contributed by atoms with Crippen LogP contribution in [0.5, 0.6) is 0 Å². The summed E-state index contributed by atoms with van der Waals surface area (Å²) in [6.07, 6.45) is 1.02. The van der Waals surface area contributed by atoms with Crippen LogP contribution in [0.25, 0.3) is 0 Å². The molecule has 15 heavy (non-hydrogen) atoms. The summed E-state index contributed by atoms with van der Waals surface area (Å²) in [5, 5.41) is 8.97. The predicted octanol–water partition coefficient (Wildman–Crippen LogP) is 1.51. The van der Waals surface area contributed by atoms with E-state index in [2.05, 4.69) is 0 Å². The van der Waals surface area contributed by atoms with Crippen LogP contribution in [0.3, 0.4) is 0 Å². The molecule has 1 N–H and O–H groups in total. The Hall–Kier alpha value is -0.610. The number of hydrogen-bond acceptors (Lipinski definition) is 4. The first kappa shape index (κ1) is 14.4. The third-order valence-corrected chi connectivity index (χ3v) is 1.65. The third-order valence-electron chi connectivity index (χ3n) is 1.65. The Morgan fingerprint density at radius 1 is 1.40 bits per heavy atom. The second-order valence-corrected chi connectivity index (χ2v) is 4.43. The molecule has 0 aliphatic carbocycles. The van der Waals surface area contributed by atoms with E-state index in [9.17, 15) is 4.79 Å². The summed E-state index contributed by atoms with van der Waals surface area (Å²) in [4.78, 5) is 11.5. The number of carbonyl (C=O) groups is 1. The Balaban J connectivity index is 3.99. The molecule has 0 saturated carbocycles. The lowest BCUT2D eigenvalue weighted by molar-refractivity contribution is -0.171. The van der Waals surface area contributed by atoms with Gasteiger partial charge in [-0.15, -0.1) is 0 Å². The van der Waals surface area contributed by atoms with Crippen LogP contribution < -0.4 is 0 Å². The number of aliphatic hydroxyl groups is 1. The summed E-state index contributed by atoms with van der Waals surface area (Å²) in [6, 6.07) is 0. The highest BCUT2D eigenvalue weighted by Crippen LogP contribution is 2.10. The Morgan fingerprint density at radius 3 is 2.40 bits per heavy atom. The standard InChI is InChI=1S/C11H22O4/c1-5-6-7-14-9(8-12)10(13)15-11(2,3)4/h9,12H,5-8H2,1-4H3. The summed E-state index contributed by atoms with van der Waals surface area (Å²) in [7, 11) is 0. The normalized spacial score (nSPS) is 13.7. The van der Waals surface area contributed by atoms with Gasteiger partial charge in [0, 0.05) is 6.61 Å². The molecule has 0 bridgehead atoms. The molecule has 1 atom stereocenters. The predicted molar refractivity (Wildman–Crippen MR) is 57.6 cm³/mol. The van der Waals surface area contributed by atoms with Crippen LogP contribution in [0.1, 0.15) is 40.5 Å². The molecule has 0 heterocycles. The number of aliphatic hydroxyl groups excluding tert-OH is 1. The Bertz CT molecular complexity index is 184. The molecule has 0 spiro atoms. The van der Waals surface area contributed by atoms with E-state index in [4.69, 9.17) is 14.6 Å². The molecule has 4 heteroatoms. The highest BCUT2D eigenvalue weighted by molar-refractivity contribution is 5.75. The first-order valence-corrected chi connectivity index (χ1v) is 5.36. The average molecular weight is 218 g/mol. The van der Waals surface area contributed by atoms with Crippen molar-refractivity contribution in [3.05, 3.63) is 0 Å². The summed E-state index contributed by atoms with van der Waals surface area (Å²) >= 11 is 0. The van der Waals surface area contributed by atoms with Crippen molar-refractivity contribution < 1.29 is 19.4 Å². The molecular weight excluding hydrogens is 196 g/mol. The fourth-order valence-electron chi connectivity index (χ4n) is 0.933. The van der Waals surface area contributed by atoms with Crippen LogP contribution in [-0.4, -0.2) is 36.0 Å². The van der Waals surface area contributed by atoms with Gasteiger partial charge in [-0.2, -0.15) is 0 Å². The molecular formula is C11H22O4. The van der Waals surface area contributed by atoms with Crippen molar-refractivity contribution in [2.24, 2.45) is 0 Å². The SMILES string of the molecule is CCCCOC(CO)C(=O)OC(C)(C)C. The molecule has 0 rings (SSSR count). The van der Waals surface area contributed by atoms with E-state index in [0.29, 0.717) is 6.61 Å². The zero-order valence-electron chi connectivity index (χ0n) is 10.1. The second-order valence-electron chi connectivity index (χ2n) is 4.43. The molecule has 0 radical (unpaired) electrons. The Kier molecular flexibility index (Phi) is 6.52. The highest BCUT2D eigenvalue weighted by atomic mass is 16.6. The van der Waals surface area contributed by atoms with Crippen LogP contribution in [0.15, 0.2) is 0 Å². The fourth-order valence-corrected chi connectivity index (χ4v) is 0.933. The lowest BCUT2D eigenvalue weighted by atomic mass is 10.2. The van der Waals surface area contributed by atoms with E-state index in [1.165, 1.54) is 0 Å². The fraction of sp³-hybridized carbons (Fsp3) is 0.909. The van der Waals surface area contributed by atoms with Crippen molar-refractivity contribution in [3.63, 3.8) is 0 Å². The van der Waals surface area contributed by atoms with E-state index < -0.39 is 17.7 Å². The molecule has 0 aliphatic heterocycles. The number of unbranched alkanes of at least 4 members (excludes halogenated alkanes) is 1. The maximum atomic E-state index is 11.5. The van der Waals surface area contributed by atoms with Gasteiger partial charge >= 0.3 is 5.97 Å². The molecule has 0 saturated heterocycles. The molecule has 4 nitrogen and oxygen atoms in total. The molecule has 0 aromatic carbocycles. The zero-order valence-corrected chi connectivity index (χ0v) is 10.1. The smallest absolute Gasteiger partial charge is 0.338 e. The van der Waals surface area contributed by atoms with Gasteiger partial charge < -0.3 is 14.6 Å². The lowest BCUT2D eigenvalue weighted by Crippen LogP contribution is -2.36. The molecule has 0 aliphatic rings. The van der Waals surface area contributed by atoms with Gasteiger partial charge in [-0.05, 0) is 27.2 Å². The average Bonchev–Trinajstić information content (AvgIpc) is 2.09. The first-order valence-electron chi connectivity index (χ1n) is 5.36. The van der Waals surface area contributed by atoms with E-state index in [-0.39, 0.29) is 6.61 Å². The largest absolute Gasteiger partial charge is 0.458 e. The number of carbonyl (C=O) groups excluding carboxylic acids is 1. The minimum Gasteiger partial charge on any atom is -0.458 e. The molecule has 0 fully saturated rings. The minimum absolute atomic E-state index is 0.335. The van der Waals surface area contributed by atoms with Gasteiger partial charge in [0.15, 0.2) is 6.10 Å². The van der Waals surface area contributed by atoms with Gasteiger partial charge in [-0.1, -0.05) is 13.3 Å². The van der Waals surface area contributed by atoms with Crippen LogP contribution in [0, 0.1) is 0 Å². The van der Waals surface area contributed by atoms with Gasteiger partial charge in [-0.3, -0.25) is 0 Å². The van der Waals surface area contributed by atoms with Crippen LogP contribution in [0.4, 0.5) is 0 Å². The third kappa shape index (κ3) is 7.33. The number of esters is 1. The van der Waals surface area contributed by atoms with Gasteiger partial charge in [0.2, 0.25) is 0 Å². The maximum absolute atomic E-state index is 11.5. The van der Waals surface area contributed by atoms with Crippen molar-refractivity contribution in [1.29, 1.82) is 0 Å². The van der Waals surface area contributed by atoms with E-state index in [1.54, 1.807) is 20.8 Å². The monoisotopic (exact) mass is 218 g/mol. The second kappa shape index (κ2) is 6.80. The molecule has 90 valence electrons. The summed E-state index contributed by atoms with van der Waals surface area (Å²) in [5.41, 5.74) is -0.543. The Morgan fingerprint density at radius 2 is 2.00 bits per heavy atom. The molecule has 0 aromatic rings. The topological polar surface area (TPSA) is 55.8 Å². The van der Waals surface area contributed by atoms with E-state index in [0.717, 1.165) is 12.8 Å². The van der Waals surface area contributed by atoms with E-state index in [1.807, 2.05) is 6.92 Å². The first-order chi connectivity index (χ1) is 6.90. The van der Waals surface area contributed by atoms with Crippen LogP contribution in [0.2, 0.25) is 0 Å². The quantitative estimate of drug-likeness (QED) is 0.542. The zero-order chi connectivity index (χ0) is 11.9. The van der Waals surface area contributed by atoms with Crippen molar-refractivity contribution in [1.82, 2.24) is 0 Å². The van der Waals surface area contributed by atoms with Crippen molar-refractivity contribution in [3.8, 4) is 0 Å². The van der Waals surface area contributed by atoms with Crippen LogP contribution in [-0.2, 0) is 14.3 Å². The maximum Gasteiger partial charge on any atom is 0.338 e. The number of ether oxygens (including phenoxy) is 2. The van der Waals surface area contributed by atoms with Crippen molar-refractivity contribution in [2.75, 3.05) is 13.2 Å². The lowest BCUT2D eigenvalue weighted by Gasteiger charge is -2.23. The van der Waals surface area contributed by atoms with Gasteiger partial charge in [-0.25, -0.2) is 4.79 Å². The van der Waals surface area contributed by atoms with Crippen molar-refractivity contribution in [2.45, 2.75) is 52.2 Å². The molecule has 0 amide bonds. The van der Waals surface area contributed by atoms with Crippen molar-refractivity contribution >= 4 is 5.97 Å². The summed E-state index contributed by atoms with van der Waals surface area (Å²) in [5.74, 6) is -0.499. The number of hydrogen-bond donors (Lipinski definition) is 1. The van der Waals surface area contributed by atoms with Gasteiger partial charge in [0.05, 0.1) is 6.61 Å². The molecule has 0 aromatic heterocycles. The Labute approximate surface area is 91.6 Å². The molecule has 1 unspecified atom stereocenters. The van der Waals surface area contributed by atoms with Crippen LogP contribution >= 0.6 is 0 Å². The summed E-state index contributed by atoms with van der Waals surface area (Å²) in [6.45, 7) is 7.52.